The van der Waals surface area contributed by atoms with Gasteiger partial charge in [-0.3, -0.25) is 14.5 Å². The molecule has 0 aliphatic carbocycles. The highest BCUT2D eigenvalue weighted by Crippen LogP contribution is 2.29. The van der Waals surface area contributed by atoms with Gasteiger partial charge in [0.05, 0.1) is 11.6 Å². The largest absolute Gasteiger partial charge is 0.368 e. The molecule has 156 valence electrons. The van der Waals surface area contributed by atoms with Crippen LogP contribution in [0, 0.1) is 23.2 Å². The Morgan fingerprint density at radius 1 is 1.07 bits per heavy atom. The van der Waals surface area contributed by atoms with Crippen LogP contribution in [0.4, 0.5) is 0 Å². The highest BCUT2D eigenvalue weighted by molar-refractivity contribution is 5.98. The predicted octanol–water partition coefficient (Wildman–Crippen LogP) is 3.88. The number of benzene rings is 2. The van der Waals surface area contributed by atoms with E-state index in [1.165, 1.54) is 5.56 Å². The van der Waals surface area contributed by atoms with Crippen LogP contribution in [-0.4, -0.2) is 29.7 Å². The number of piperidine rings is 1. The van der Waals surface area contributed by atoms with E-state index in [0.717, 1.165) is 17.5 Å². The summed E-state index contributed by atoms with van der Waals surface area (Å²) in [5.41, 5.74) is 9.04. The zero-order chi connectivity index (χ0) is 21.7. The van der Waals surface area contributed by atoms with Crippen molar-refractivity contribution in [3.8, 4) is 6.07 Å². The molecule has 2 aromatic carbocycles. The number of carbonyl (C=O) groups is 2. The second-order valence-electron chi connectivity index (χ2n) is 8.51. The monoisotopic (exact) mass is 403 g/mol. The summed E-state index contributed by atoms with van der Waals surface area (Å²) in [5, 5.41) is 8.97. The van der Waals surface area contributed by atoms with Crippen LogP contribution in [0.5, 0.6) is 0 Å². The Kier molecular flexibility index (Phi) is 7.02. The first-order valence-electron chi connectivity index (χ1n) is 10.6. The fourth-order valence-corrected chi connectivity index (χ4v) is 4.23. The number of nitrogens with zero attached hydrogens (tertiary/aromatic N) is 2. The number of hydrogen-bond donors (Lipinski definition) is 1. The van der Waals surface area contributed by atoms with Gasteiger partial charge in [0, 0.05) is 11.5 Å². The number of carbonyl (C=O) groups excluding carboxylic acids is 2. The number of likely N-dealkylation sites (tertiary alicyclic amines) is 1. The van der Waals surface area contributed by atoms with Crippen LogP contribution in [0.3, 0.4) is 0 Å². The molecule has 1 saturated heterocycles. The molecule has 0 bridgehead atoms. The quantitative estimate of drug-likeness (QED) is 0.711. The van der Waals surface area contributed by atoms with Gasteiger partial charge in [0.2, 0.25) is 5.91 Å². The molecule has 1 unspecified atom stereocenters. The maximum atomic E-state index is 12.9. The van der Waals surface area contributed by atoms with Crippen LogP contribution >= 0.6 is 0 Å². The third kappa shape index (κ3) is 5.14. The van der Waals surface area contributed by atoms with E-state index in [1.807, 2.05) is 17.0 Å². The first kappa shape index (κ1) is 21.7. The number of nitrogens with two attached hydrogens (primary N) is 1. The molecule has 1 heterocycles. The molecule has 1 aliphatic rings. The van der Waals surface area contributed by atoms with Crippen molar-refractivity contribution in [3.63, 3.8) is 0 Å². The van der Waals surface area contributed by atoms with E-state index in [0.29, 0.717) is 37.4 Å². The van der Waals surface area contributed by atoms with Crippen molar-refractivity contribution >= 4 is 11.7 Å². The van der Waals surface area contributed by atoms with Crippen molar-refractivity contribution in [1.82, 2.24) is 4.90 Å². The zero-order valence-corrected chi connectivity index (χ0v) is 17.7. The number of amides is 1. The van der Waals surface area contributed by atoms with Crippen LogP contribution in [0.25, 0.3) is 0 Å². The molecule has 0 saturated carbocycles. The number of rotatable bonds is 7. The Morgan fingerprint density at radius 3 is 2.17 bits per heavy atom. The van der Waals surface area contributed by atoms with Crippen LogP contribution in [-0.2, 0) is 11.2 Å². The third-order valence-corrected chi connectivity index (χ3v) is 5.77. The van der Waals surface area contributed by atoms with Crippen molar-refractivity contribution in [2.75, 3.05) is 13.1 Å². The summed E-state index contributed by atoms with van der Waals surface area (Å²) in [4.78, 5) is 27.1. The third-order valence-electron chi connectivity index (χ3n) is 5.77. The fraction of sp³-hybridized carbons (Fsp3) is 0.400. The van der Waals surface area contributed by atoms with Crippen molar-refractivity contribution in [2.45, 2.75) is 39.2 Å². The molecular weight excluding hydrogens is 374 g/mol. The first-order valence-corrected chi connectivity index (χ1v) is 10.6. The molecule has 5 nitrogen and oxygen atoms in total. The lowest BCUT2D eigenvalue weighted by Crippen LogP contribution is -2.43. The van der Waals surface area contributed by atoms with Crippen LogP contribution in [0.15, 0.2) is 48.5 Å². The van der Waals surface area contributed by atoms with Gasteiger partial charge < -0.3 is 5.73 Å². The van der Waals surface area contributed by atoms with Crippen LogP contribution < -0.4 is 5.73 Å². The molecule has 1 atom stereocenters. The van der Waals surface area contributed by atoms with Crippen LogP contribution in [0.1, 0.15) is 59.8 Å². The van der Waals surface area contributed by atoms with Gasteiger partial charge in [-0.05, 0) is 61.5 Å². The lowest BCUT2D eigenvalue weighted by molar-refractivity contribution is -0.124. The number of ketones is 1. The standard InChI is InChI=1S/C25H29N3O2/c1-17(2)15-18-3-9-21(10-4-18)24(29)22-11-13-28(14-12-22)23(25(27)30)20-7-5-19(16-26)6-8-20/h3-10,17,22-23H,11-15H2,1-2H3,(H2,27,30). The van der Waals surface area contributed by atoms with E-state index < -0.39 is 11.9 Å². The topological polar surface area (TPSA) is 87.2 Å². The summed E-state index contributed by atoms with van der Waals surface area (Å²) in [6, 6.07) is 16.5. The SMILES string of the molecule is CC(C)Cc1ccc(C(=O)C2CCN(C(C(N)=O)c3ccc(C#N)cc3)CC2)cc1. The molecule has 1 fully saturated rings. The highest BCUT2D eigenvalue weighted by atomic mass is 16.1. The normalized spacial score (nSPS) is 16.2. The van der Waals surface area contributed by atoms with E-state index in [-0.39, 0.29) is 11.7 Å². The molecule has 30 heavy (non-hydrogen) atoms. The van der Waals surface area contributed by atoms with Gasteiger partial charge in [-0.2, -0.15) is 5.26 Å². The molecular formula is C25H29N3O2. The zero-order valence-electron chi connectivity index (χ0n) is 17.7. The molecule has 1 amide bonds. The van der Waals surface area contributed by atoms with E-state index in [9.17, 15) is 9.59 Å². The Labute approximate surface area is 178 Å². The van der Waals surface area contributed by atoms with Gasteiger partial charge in [-0.25, -0.2) is 0 Å². The molecule has 1 aliphatic heterocycles. The number of hydrogen-bond acceptors (Lipinski definition) is 4. The van der Waals surface area contributed by atoms with Gasteiger partial charge in [0.1, 0.15) is 6.04 Å². The lowest BCUT2D eigenvalue weighted by Gasteiger charge is -2.36. The van der Waals surface area contributed by atoms with Crippen molar-refractivity contribution in [3.05, 3.63) is 70.8 Å². The van der Waals surface area contributed by atoms with Crippen molar-refractivity contribution in [1.29, 1.82) is 5.26 Å². The predicted molar refractivity (Wildman–Crippen MR) is 117 cm³/mol. The summed E-state index contributed by atoms with van der Waals surface area (Å²) in [6.07, 6.45) is 2.41. The molecule has 2 N–H and O–H groups in total. The minimum Gasteiger partial charge on any atom is -0.368 e. The second kappa shape index (κ2) is 9.69. The summed E-state index contributed by atoms with van der Waals surface area (Å²) in [7, 11) is 0. The molecule has 0 radical (unpaired) electrons. The van der Waals surface area contributed by atoms with Crippen molar-refractivity contribution in [2.24, 2.45) is 17.6 Å². The minimum absolute atomic E-state index is 0.0355. The summed E-state index contributed by atoms with van der Waals surface area (Å²) in [5.74, 6) is 0.321. The number of primary amides is 1. The van der Waals surface area contributed by atoms with Gasteiger partial charge in [0.25, 0.3) is 0 Å². The Balaban J connectivity index is 1.64. The number of nitriles is 1. The first-order chi connectivity index (χ1) is 14.4. The fourth-order valence-electron chi connectivity index (χ4n) is 4.23. The smallest absolute Gasteiger partial charge is 0.239 e. The molecule has 3 rings (SSSR count). The van der Waals surface area contributed by atoms with Gasteiger partial charge in [-0.15, -0.1) is 0 Å². The molecule has 5 heteroatoms. The van der Waals surface area contributed by atoms with Gasteiger partial charge in [-0.1, -0.05) is 50.2 Å². The van der Waals surface area contributed by atoms with E-state index in [4.69, 9.17) is 11.0 Å². The van der Waals surface area contributed by atoms with E-state index >= 15 is 0 Å². The average molecular weight is 404 g/mol. The van der Waals surface area contributed by atoms with E-state index in [2.05, 4.69) is 32.0 Å². The molecule has 0 spiro atoms. The lowest BCUT2D eigenvalue weighted by atomic mass is 9.87. The second-order valence-corrected chi connectivity index (χ2v) is 8.51. The maximum absolute atomic E-state index is 12.9. The molecule has 0 aromatic heterocycles. The summed E-state index contributed by atoms with van der Waals surface area (Å²) >= 11 is 0. The van der Waals surface area contributed by atoms with Crippen molar-refractivity contribution < 1.29 is 9.59 Å². The Bertz CT molecular complexity index is 918. The van der Waals surface area contributed by atoms with Gasteiger partial charge >= 0.3 is 0 Å². The summed E-state index contributed by atoms with van der Waals surface area (Å²) in [6.45, 7) is 5.64. The van der Waals surface area contributed by atoms with Crippen LogP contribution in [0.2, 0.25) is 0 Å². The Hall–Kier alpha value is -2.97. The Morgan fingerprint density at radius 2 is 1.67 bits per heavy atom. The van der Waals surface area contributed by atoms with E-state index in [1.54, 1.807) is 24.3 Å². The summed E-state index contributed by atoms with van der Waals surface area (Å²) < 4.78 is 0. The molecule has 2 aromatic rings. The minimum atomic E-state index is -0.538. The average Bonchev–Trinajstić information content (AvgIpc) is 2.74. The highest BCUT2D eigenvalue weighted by Gasteiger charge is 2.32. The maximum Gasteiger partial charge on any atom is 0.239 e. The van der Waals surface area contributed by atoms with Gasteiger partial charge in [0.15, 0.2) is 5.78 Å². The number of Topliss-reactive ketones (excluding diaryl/α,β-unsaturated/α-hetero) is 1.